The summed E-state index contributed by atoms with van der Waals surface area (Å²) in [7, 11) is 0. The molecule has 0 heterocycles. The second-order valence-corrected chi connectivity index (χ2v) is 3.99. The lowest BCUT2D eigenvalue weighted by atomic mass is 9.96. The first-order chi connectivity index (χ1) is 5.88. The monoisotopic (exact) mass is 186 g/mol. The molecule has 0 aromatic carbocycles. The van der Waals surface area contributed by atoms with E-state index in [-0.39, 0.29) is 6.61 Å². The Morgan fingerprint density at radius 1 is 1.46 bits per heavy atom. The fourth-order valence-corrected chi connectivity index (χ4v) is 1.67. The van der Waals surface area contributed by atoms with E-state index in [0.717, 1.165) is 0 Å². The first-order valence-corrected chi connectivity index (χ1v) is 4.29. The SMILES string of the molecule is CCOC(=O)[C@]1(C(=O)O)CC1(C)C. The largest absolute Gasteiger partial charge is 0.480 e. The van der Waals surface area contributed by atoms with Crippen molar-refractivity contribution in [2.75, 3.05) is 6.61 Å². The molecule has 1 saturated carbocycles. The number of carbonyl (C=O) groups excluding carboxylic acids is 1. The molecular weight excluding hydrogens is 172 g/mol. The predicted octanol–water partition coefficient (Wildman–Crippen LogP) is 1.05. The minimum absolute atomic E-state index is 0.226. The number of aliphatic carboxylic acids is 1. The van der Waals surface area contributed by atoms with Crippen molar-refractivity contribution in [2.24, 2.45) is 10.8 Å². The number of carboxylic acid groups (broad SMARTS) is 1. The van der Waals surface area contributed by atoms with Gasteiger partial charge in [-0.05, 0) is 18.8 Å². The zero-order valence-electron chi connectivity index (χ0n) is 8.09. The van der Waals surface area contributed by atoms with E-state index >= 15 is 0 Å². The second-order valence-electron chi connectivity index (χ2n) is 3.99. The van der Waals surface area contributed by atoms with Crippen molar-refractivity contribution in [3.8, 4) is 0 Å². The number of hydrogen-bond acceptors (Lipinski definition) is 3. The highest BCUT2D eigenvalue weighted by Crippen LogP contribution is 2.64. The fraction of sp³-hybridized carbons (Fsp3) is 0.778. The van der Waals surface area contributed by atoms with Gasteiger partial charge >= 0.3 is 11.9 Å². The summed E-state index contributed by atoms with van der Waals surface area (Å²) in [5, 5.41) is 8.94. The van der Waals surface area contributed by atoms with E-state index in [4.69, 9.17) is 9.84 Å². The van der Waals surface area contributed by atoms with Crippen LogP contribution < -0.4 is 0 Å². The molecule has 0 aromatic rings. The van der Waals surface area contributed by atoms with Crippen LogP contribution in [0.2, 0.25) is 0 Å². The van der Waals surface area contributed by atoms with E-state index in [1.807, 2.05) is 0 Å². The van der Waals surface area contributed by atoms with Crippen molar-refractivity contribution in [3.05, 3.63) is 0 Å². The lowest BCUT2D eigenvalue weighted by Crippen LogP contribution is -2.32. The van der Waals surface area contributed by atoms with Gasteiger partial charge in [0.05, 0.1) is 6.61 Å². The van der Waals surface area contributed by atoms with E-state index in [2.05, 4.69) is 0 Å². The Hall–Kier alpha value is -1.06. The minimum Gasteiger partial charge on any atom is -0.480 e. The fourth-order valence-electron chi connectivity index (χ4n) is 1.67. The molecule has 0 aliphatic heterocycles. The predicted molar refractivity (Wildman–Crippen MR) is 45.1 cm³/mol. The van der Waals surface area contributed by atoms with Crippen molar-refractivity contribution in [2.45, 2.75) is 27.2 Å². The van der Waals surface area contributed by atoms with Crippen LogP contribution in [0.15, 0.2) is 0 Å². The van der Waals surface area contributed by atoms with Crippen LogP contribution in [0, 0.1) is 10.8 Å². The summed E-state index contributed by atoms with van der Waals surface area (Å²) >= 11 is 0. The maximum Gasteiger partial charge on any atom is 0.324 e. The van der Waals surface area contributed by atoms with Crippen molar-refractivity contribution in [1.82, 2.24) is 0 Å². The first kappa shape index (κ1) is 10.0. The van der Waals surface area contributed by atoms with Gasteiger partial charge in [0.1, 0.15) is 0 Å². The van der Waals surface area contributed by atoms with Gasteiger partial charge in [0.15, 0.2) is 5.41 Å². The highest BCUT2D eigenvalue weighted by molar-refractivity contribution is 6.03. The molecule has 1 atom stereocenters. The highest BCUT2D eigenvalue weighted by Gasteiger charge is 2.73. The third-order valence-corrected chi connectivity index (χ3v) is 2.73. The molecule has 1 rings (SSSR count). The van der Waals surface area contributed by atoms with Gasteiger partial charge in [0.25, 0.3) is 0 Å². The first-order valence-electron chi connectivity index (χ1n) is 4.29. The van der Waals surface area contributed by atoms with Crippen LogP contribution in [0.5, 0.6) is 0 Å². The lowest BCUT2D eigenvalue weighted by molar-refractivity contribution is -0.162. The maximum atomic E-state index is 11.4. The summed E-state index contributed by atoms with van der Waals surface area (Å²) in [6.07, 6.45) is 0.369. The summed E-state index contributed by atoms with van der Waals surface area (Å²) in [4.78, 5) is 22.3. The van der Waals surface area contributed by atoms with E-state index in [1.54, 1.807) is 20.8 Å². The quantitative estimate of drug-likeness (QED) is 0.528. The van der Waals surface area contributed by atoms with Crippen molar-refractivity contribution in [3.63, 3.8) is 0 Å². The molecule has 0 amide bonds. The van der Waals surface area contributed by atoms with Gasteiger partial charge in [-0.25, -0.2) is 0 Å². The third kappa shape index (κ3) is 1.20. The van der Waals surface area contributed by atoms with E-state index < -0.39 is 22.8 Å². The van der Waals surface area contributed by atoms with Crippen molar-refractivity contribution < 1.29 is 19.4 Å². The van der Waals surface area contributed by atoms with Crippen LogP contribution in [-0.2, 0) is 14.3 Å². The summed E-state index contributed by atoms with van der Waals surface area (Å²) in [6, 6.07) is 0. The summed E-state index contributed by atoms with van der Waals surface area (Å²) in [6.45, 7) is 5.42. The Balaban J connectivity index is 2.85. The molecule has 0 aromatic heterocycles. The van der Waals surface area contributed by atoms with Crippen molar-refractivity contribution in [1.29, 1.82) is 0 Å². The molecular formula is C9H14O4. The van der Waals surface area contributed by atoms with E-state index in [1.165, 1.54) is 0 Å². The number of ether oxygens (including phenoxy) is 1. The topological polar surface area (TPSA) is 63.6 Å². The molecule has 1 aliphatic rings. The number of hydrogen-bond donors (Lipinski definition) is 1. The average molecular weight is 186 g/mol. The standard InChI is InChI=1S/C9H14O4/c1-4-13-7(12)9(6(10)11)5-8(9,2)3/h4-5H2,1-3H3,(H,10,11)/t9-/m1/s1. The zero-order valence-corrected chi connectivity index (χ0v) is 8.09. The van der Waals surface area contributed by atoms with Gasteiger partial charge in [-0.1, -0.05) is 13.8 Å². The molecule has 0 radical (unpaired) electrons. The summed E-state index contributed by atoms with van der Waals surface area (Å²) < 4.78 is 4.75. The summed E-state index contributed by atoms with van der Waals surface area (Å²) in [5.74, 6) is -1.68. The molecule has 1 N–H and O–H groups in total. The molecule has 0 saturated heterocycles. The number of carbonyl (C=O) groups is 2. The molecule has 4 heteroatoms. The zero-order chi connectivity index (χ0) is 10.3. The van der Waals surface area contributed by atoms with E-state index in [0.29, 0.717) is 6.42 Å². The average Bonchev–Trinajstić information content (AvgIpc) is 2.56. The molecule has 0 spiro atoms. The van der Waals surface area contributed by atoms with Gasteiger partial charge in [0.2, 0.25) is 0 Å². The molecule has 13 heavy (non-hydrogen) atoms. The van der Waals surface area contributed by atoms with Gasteiger partial charge in [0, 0.05) is 0 Å². The van der Waals surface area contributed by atoms with Crippen LogP contribution in [0.4, 0.5) is 0 Å². The number of esters is 1. The summed E-state index contributed by atoms with van der Waals surface area (Å²) in [5.41, 5.74) is -1.76. The van der Waals surface area contributed by atoms with Gasteiger partial charge in [-0.2, -0.15) is 0 Å². The molecule has 1 fully saturated rings. The molecule has 0 unspecified atom stereocenters. The Bertz CT molecular complexity index is 256. The van der Waals surface area contributed by atoms with Crippen LogP contribution in [-0.4, -0.2) is 23.7 Å². The van der Waals surface area contributed by atoms with Crippen LogP contribution in [0.3, 0.4) is 0 Å². The number of rotatable bonds is 3. The van der Waals surface area contributed by atoms with Crippen LogP contribution in [0.1, 0.15) is 27.2 Å². The molecule has 1 aliphatic carbocycles. The third-order valence-electron chi connectivity index (χ3n) is 2.73. The Morgan fingerprint density at radius 2 is 1.92 bits per heavy atom. The normalized spacial score (nSPS) is 29.5. The lowest BCUT2D eigenvalue weighted by Gasteiger charge is -2.13. The molecule has 74 valence electrons. The van der Waals surface area contributed by atoms with Gasteiger partial charge < -0.3 is 9.84 Å². The Kier molecular flexibility index (Phi) is 2.10. The Labute approximate surface area is 76.9 Å². The smallest absolute Gasteiger partial charge is 0.324 e. The van der Waals surface area contributed by atoms with Crippen LogP contribution >= 0.6 is 0 Å². The highest BCUT2D eigenvalue weighted by atomic mass is 16.5. The Morgan fingerprint density at radius 3 is 2.15 bits per heavy atom. The van der Waals surface area contributed by atoms with E-state index in [9.17, 15) is 9.59 Å². The van der Waals surface area contributed by atoms with Crippen LogP contribution in [0.25, 0.3) is 0 Å². The van der Waals surface area contributed by atoms with Crippen molar-refractivity contribution >= 4 is 11.9 Å². The molecule has 4 nitrogen and oxygen atoms in total. The van der Waals surface area contributed by atoms with Gasteiger partial charge in [-0.15, -0.1) is 0 Å². The second kappa shape index (κ2) is 2.72. The minimum atomic E-state index is -1.29. The van der Waals surface area contributed by atoms with Gasteiger partial charge in [-0.3, -0.25) is 9.59 Å². The number of carboxylic acids is 1. The maximum absolute atomic E-state index is 11.4. The molecule has 0 bridgehead atoms.